The average Bonchev–Trinajstić information content (AvgIpc) is 3.35. The van der Waals surface area contributed by atoms with Crippen molar-refractivity contribution in [1.29, 1.82) is 0 Å². The highest BCUT2D eigenvalue weighted by Crippen LogP contribution is 2.36. The van der Waals surface area contributed by atoms with E-state index in [4.69, 9.17) is 23.7 Å². The Morgan fingerprint density at radius 3 is 1.96 bits per heavy atom. The van der Waals surface area contributed by atoms with Gasteiger partial charge < -0.3 is 23.7 Å². The summed E-state index contributed by atoms with van der Waals surface area (Å²) in [5, 5.41) is 0. The van der Waals surface area contributed by atoms with Gasteiger partial charge in [-0.15, -0.1) is 0 Å². The molecule has 0 unspecified atom stereocenters. The molecule has 130 valence electrons. The van der Waals surface area contributed by atoms with Gasteiger partial charge in [0.2, 0.25) is 13.6 Å². The third-order valence-corrected chi connectivity index (χ3v) is 4.31. The second kappa shape index (κ2) is 5.84. The van der Waals surface area contributed by atoms with Crippen LogP contribution in [0.4, 0.5) is 0 Å². The van der Waals surface area contributed by atoms with E-state index in [1.165, 1.54) is 0 Å². The topological polar surface area (TPSA) is 63.2 Å². The molecule has 2 aromatic rings. The monoisotopic (exact) mass is 350 g/mol. The number of allylic oxidation sites excluding steroid dienone is 1. The van der Waals surface area contributed by atoms with Crippen molar-refractivity contribution in [2.24, 2.45) is 0 Å². The number of esters is 1. The Kier molecular flexibility index (Phi) is 3.35. The van der Waals surface area contributed by atoms with Crippen molar-refractivity contribution in [3.63, 3.8) is 0 Å². The second-order valence-corrected chi connectivity index (χ2v) is 6.07. The summed E-state index contributed by atoms with van der Waals surface area (Å²) in [5.74, 6) is 3.07. The molecule has 5 rings (SSSR count). The van der Waals surface area contributed by atoms with Gasteiger partial charge in [-0.1, -0.05) is 12.1 Å². The van der Waals surface area contributed by atoms with Gasteiger partial charge >= 0.3 is 5.97 Å². The van der Waals surface area contributed by atoms with E-state index in [2.05, 4.69) is 0 Å². The smallest absolute Gasteiger partial charge is 0.339 e. The molecule has 0 aliphatic carbocycles. The van der Waals surface area contributed by atoms with E-state index >= 15 is 0 Å². The zero-order chi connectivity index (χ0) is 17.5. The quantitative estimate of drug-likeness (QED) is 0.610. The summed E-state index contributed by atoms with van der Waals surface area (Å²) in [5.41, 5.74) is 2.35. The number of hydrogen-bond acceptors (Lipinski definition) is 6. The van der Waals surface area contributed by atoms with Crippen molar-refractivity contribution < 1.29 is 28.5 Å². The van der Waals surface area contributed by atoms with Crippen molar-refractivity contribution in [1.82, 2.24) is 0 Å². The number of benzene rings is 2. The predicted octanol–water partition coefficient (Wildman–Crippen LogP) is 3.52. The molecular formula is C20H14O6. The minimum Gasteiger partial charge on any atom is -0.454 e. The van der Waals surface area contributed by atoms with Crippen molar-refractivity contribution in [3.8, 4) is 23.0 Å². The molecule has 1 saturated heterocycles. The number of ether oxygens (including phenoxy) is 5. The van der Waals surface area contributed by atoms with Gasteiger partial charge in [0.15, 0.2) is 23.0 Å². The molecule has 1 fully saturated rings. The third-order valence-electron chi connectivity index (χ3n) is 4.31. The summed E-state index contributed by atoms with van der Waals surface area (Å²) in [6.07, 6.45) is 4.08. The van der Waals surface area contributed by atoms with E-state index in [1.54, 1.807) is 0 Å². The zero-order valence-electron chi connectivity index (χ0n) is 13.7. The van der Waals surface area contributed by atoms with E-state index in [9.17, 15) is 4.79 Å². The molecule has 0 N–H and O–H groups in total. The van der Waals surface area contributed by atoms with Gasteiger partial charge in [-0.2, -0.15) is 0 Å². The first-order valence-corrected chi connectivity index (χ1v) is 8.17. The Hall–Kier alpha value is -3.41. The Bertz CT molecular complexity index is 972. The highest BCUT2D eigenvalue weighted by Gasteiger charge is 2.25. The summed E-state index contributed by atoms with van der Waals surface area (Å²) in [6.45, 7) is 0.451. The Labute approximate surface area is 149 Å². The van der Waals surface area contributed by atoms with Crippen LogP contribution in [0.15, 0.2) is 47.7 Å². The van der Waals surface area contributed by atoms with E-state index in [1.807, 2.05) is 48.6 Å². The molecule has 0 amide bonds. The molecule has 0 spiro atoms. The third kappa shape index (κ3) is 2.65. The van der Waals surface area contributed by atoms with Crippen molar-refractivity contribution in [2.75, 3.05) is 13.6 Å². The number of cyclic esters (lactones) is 1. The average molecular weight is 350 g/mol. The van der Waals surface area contributed by atoms with Crippen molar-refractivity contribution in [3.05, 3.63) is 58.9 Å². The standard InChI is InChI=1S/C20H14O6/c21-20-14(5-12-1-3-16-18(7-12)24-10-22-16)9-15(26-20)6-13-2-4-17-19(8-13)25-11-23-17/h1-8H,9-11H2/b14-5-,15-6-. The molecule has 3 aliphatic heterocycles. The molecule has 6 nitrogen and oxygen atoms in total. The van der Waals surface area contributed by atoms with Crippen LogP contribution in [0, 0.1) is 0 Å². The SMILES string of the molecule is O=C1O/C(=C\c2ccc3c(c2)OCO3)C/C1=C/c1ccc2c(c1)OCO2. The van der Waals surface area contributed by atoms with Crippen LogP contribution in [0.1, 0.15) is 17.5 Å². The molecule has 0 saturated carbocycles. The Balaban J connectivity index is 1.38. The Morgan fingerprint density at radius 1 is 0.731 bits per heavy atom. The van der Waals surface area contributed by atoms with Crippen LogP contribution in [0.2, 0.25) is 0 Å². The summed E-state index contributed by atoms with van der Waals surface area (Å²) >= 11 is 0. The molecule has 6 heteroatoms. The van der Waals surface area contributed by atoms with Crippen LogP contribution >= 0.6 is 0 Å². The maximum atomic E-state index is 12.2. The van der Waals surface area contributed by atoms with Gasteiger partial charge in [0.1, 0.15) is 5.76 Å². The minimum atomic E-state index is -0.338. The van der Waals surface area contributed by atoms with E-state index in [0.29, 0.717) is 35.0 Å². The maximum Gasteiger partial charge on any atom is 0.339 e. The summed E-state index contributed by atoms with van der Waals surface area (Å²) in [6, 6.07) is 11.2. The molecule has 26 heavy (non-hydrogen) atoms. The maximum absolute atomic E-state index is 12.2. The van der Waals surface area contributed by atoms with Gasteiger partial charge in [-0.25, -0.2) is 4.79 Å². The zero-order valence-corrected chi connectivity index (χ0v) is 13.7. The first-order valence-electron chi connectivity index (χ1n) is 8.17. The highest BCUT2D eigenvalue weighted by atomic mass is 16.7. The molecule has 0 bridgehead atoms. The fraction of sp³-hybridized carbons (Fsp3) is 0.150. The molecule has 3 aliphatic rings. The van der Waals surface area contributed by atoms with Crippen molar-refractivity contribution >= 4 is 18.1 Å². The second-order valence-electron chi connectivity index (χ2n) is 6.07. The van der Waals surface area contributed by atoms with E-state index < -0.39 is 0 Å². The summed E-state index contributed by atoms with van der Waals surface area (Å²) in [4.78, 5) is 12.2. The normalized spacial score (nSPS) is 20.1. The summed E-state index contributed by atoms with van der Waals surface area (Å²) < 4.78 is 26.7. The van der Waals surface area contributed by atoms with Crippen LogP contribution in [-0.4, -0.2) is 19.6 Å². The number of carbonyl (C=O) groups excluding carboxylic acids is 1. The lowest BCUT2D eigenvalue weighted by atomic mass is 10.1. The van der Waals surface area contributed by atoms with E-state index in [-0.39, 0.29) is 19.6 Å². The summed E-state index contributed by atoms with van der Waals surface area (Å²) in [7, 11) is 0. The highest BCUT2D eigenvalue weighted by molar-refractivity contribution is 5.98. The van der Waals surface area contributed by atoms with Gasteiger partial charge in [0.05, 0.1) is 0 Å². The molecule has 0 aromatic heterocycles. The number of hydrogen-bond donors (Lipinski definition) is 0. The van der Waals surface area contributed by atoms with Gasteiger partial charge in [0, 0.05) is 12.0 Å². The fourth-order valence-electron chi connectivity index (χ4n) is 3.06. The van der Waals surface area contributed by atoms with Gasteiger partial charge in [0.25, 0.3) is 0 Å². The number of fused-ring (bicyclic) bond motifs is 2. The van der Waals surface area contributed by atoms with Crippen LogP contribution in [0.3, 0.4) is 0 Å². The first kappa shape index (κ1) is 14.9. The van der Waals surface area contributed by atoms with E-state index in [0.717, 1.165) is 16.9 Å². The van der Waals surface area contributed by atoms with Gasteiger partial charge in [-0.3, -0.25) is 0 Å². The number of carbonyl (C=O) groups is 1. The van der Waals surface area contributed by atoms with Crippen LogP contribution in [0.5, 0.6) is 23.0 Å². The lowest BCUT2D eigenvalue weighted by Gasteiger charge is -1.99. The fourth-order valence-corrected chi connectivity index (χ4v) is 3.06. The lowest BCUT2D eigenvalue weighted by molar-refractivity contribution is -0.132. The van der Waals surface area contributed by atoms with Crippen LogP contribution < -0.4 is 18.9 Å². The molecule has 3 heterocycles. The first-order chi connectivity index (χ1) is 12.7. The van der Waals surface area contributed by atoms with Crippen LogP contribution in [-0.2, 0) is 9.53 Å². The molecular weight excluding hydrogens is 336 g/mol. The van der Waals surface area contributed by atoms with Gasteiger partial charge in [-0.05, 0) is 47.5 Å². The largest absolute Gasteiger partial charge is 0.454 e. The van der Waals surface area contributed by atoms with Crippen molar-refractivity contribution in [2.45, 2.75) is 6.42 Å². The molecule has 0 atom stereocenters. The predicted molar refractivity (Wildman–Crippen MR) is 91.8 cm³/mol. The lowest BCUT2D eigenvalue weighted by Crippen LogP contribution is -1.94. The minimum absolute atomic E-state index is 0.222. The van der Waals surface area contributed by atoms with Crippen LogP contribution in [0.25, 0.3) is 12.2 Å². The Morgan fingerprint density at radius 2 is 1.31 bits per heavy atom. The molecule has 2 aromatic carbocycles. The number of rotatable bonds is 2. The molecule has 0 radical (unpaired) electrons.